The van der Waals surface area contributed by atoms with Gasteiger partial charge in [-0.15, -0.1) is 8.78 Å². The van der Waals surface area contributed by atoms with E-state index in [4.69, 9.17) is 5.11 Å². The quantitative estimate of drug-likeness (QED) is 0.496. The van der Waals surface area contributed by atoms with Crippen molar-refractivity contribution in [2.24, 2.45) is 0 Å². The molecule has 1 fully saturated rings. The van der Waals surface area contributed by atoms with Crippen molar-refractivity contribution < 1.29 is 38.8 Å². The molecule has 2 aliphatic rings. The number of aryl methyl sites for hydroxylation is 1. The summed E-state index contributed by atoms with van der Waals surface area (Å²) in [5.41, 5.74) is 1.34. The van der Waals surface area contributed by atoms with E-state index in [9.17, 15) is 22.8 Å². The van der Waals surface area contributed by atoms with Crippen molar-refractivity contribution in [2.45, 2.75) is 31.5 Å². The second-order valence-corrected chi connectivity index (χ2v) is 8.39. The highest BCUT2D eigenvalue weighted by Crippen LogP contribution is 2.52. The number of alkyl halides is 2. The van der Waals surface area contributed by atoms with Gasteiger partial charge in [0, 0.05) is 12.7 Å². The average Bonchev–Trinajstić information content (AvgIpc) is 3.52. The molecule has 0 saturated heterocycles. The number of aromatic carboxylic acids is 1. The number of amides is 1. The van der Waals surface area contributed by atoms with Gasteiger partial charge in [0.2, 0.25) is 5.91 Å². The third-order valence-corrected chi connectivity index (χ3v) is 6.14. The molecule has 0 aromatic heterocycles. The van der Waals surface area contributed by atoms with Crippen molar-refractivity contribution in [3.05, 3.63) is 77.1 Å². The molecular formula is C25H20F3NO5. The lowest BCUT2D eigenvalue weighted by molar-refractivity contribution is -0.286. The van der Waals surface area contributed by atoms with Gasteiger partial charge in [0.1, 0.15) is 5.82 Å². The van der Waals surface area contributed by atoms with E-state index in [0.29, 0.717) is 29.7 Å². The van der Waals surface area contributed by atoms with Gasteiger partial charge in [0.25, 0.3) is 0 Å². The van der Waals surface area contributed by atoms with Gasteiger partial charge in [0.05, 0.1) is 11.0 Å². The number of carbonyl (C=O) groups is 2. The molecule has 1 amide bonds. The van der Waals surface area contributed by atoms with E-state index in [1.807, 2.05) is 0 Å². The van der Waals surface area contributed by atoms with Gasteiger partial charge in [-0.25, -0.2) is 9.18 Å². The molecule has 176 valence electrons. The predicted octanol–water partition coefficient (Wildman–Crippen LogP) is 5.74. The fourth-order valence-electron chi connectivity index (χ4n) is 4.13. The van der Waals surface area contributed by atoms with Crippen molar-refractivity contribution in [3.63, 3.8) is 0 Å². The van der Waals surface area contributed by atoms with Crippen LogP contribution in [-0.2, 0) is 10.2 Å². The van der Waals surface area contributed by atoms with Crippen LogP contribution in [0.2, 0.25) is 0 Å². The van der Waals surface area contributed by atoms with Gasteiger partial charge in [-0.2, -0.15) is 0 Å². The first-order valence-corrected chi connectivity index (χ1v) is 10.4. The first kappa shape index (κ1) is 21.8. The Bertz CT molecular complexity index is 1360. The van der Waals surface area contributed by atoms with Crippen LogP contribution in [0.4, 0.5) is 18.9 Å². The summed E-state index contributed by atoms with van der Waals surface area (Å²) in [5, 5.41) is 11.9. The van der Waals surface area contributed by atoms with Crippen LogP contribution in [0.15, 0.2) is 54.6 Å². The Kier molecular flexibility index (Phi) is 4.82. The monoisotopic (exact) mass is 471 g/mol. The maximum atomic E-state index is 14.6. The number of benzene rings is 3. The fourth-order valence-corrected chi connectivity index (χ4v) is 4.13. The smallest absolute Gasteiger partial charge is 0.478 e. The average molecular weight is 471 g/mol. The predicted molar refractivity (Wildman–Crippen MR) is 118 cm³/mol. The van der Waals surface area contributed by atoms with Gasteiger partial charge in [-0.3, -0.25) is 4.79 Å². The number of fused-ring (bicyclic) bond motifs is 1. The second-order valence-electron chi connectivity index (χ2n) is 8.39. The van der Waals surface area contributed by atoms with Gasteiger partial charge in [-0.05, 0) is 72.9 Å². The van der Waals surface area contributed by atoms with Crippen molar-refractivity contribution in [3.8, 4) is 22.6 Å². The van der Waals surface area contributed by atoms with Gasteiger partial charge >= 0.3 is 12.3 Å². The Morgan fingerprint density at radius 1 is 0.971 bits per heavy atom. The molecule has 2 N–H and O–H groups in total. The molecule has 0 atom stereocenters. The first-order valence-electron chi connectivity index (χ1n) is 10.4. The van der Waals surface area contributed by atoms with Crippen LogP contribution in [0.1, 0.15) is 35.8 Å². The number of anilines is 1. The summed E-state index contributed by atoms with van der Waals surface area (Å²) in [5.74, 6) is -2.47. The molecular weight excluding hydrogens is 451 g/mol. The zero-order valence-electron chi connectivity index (χ0n) is 17.8. The topological polar surface area (TPSA) is 84.9 Å². The highest BCUT2D eigenvalue weighted by molar-refractivity contribution is 6.02. The lowest BCUT2D eigenvalue weighted by atomic mass is 9.94. The number of carboxylic acids is 1. The van der Waals surface area contributed by atoms with Crippen molar-refractivity contribution in [2.75, 3.05) is 5.32 Å². The van der Waals surface area contributed by atoms with E-state index in [0.717, 1.165) is 11.6 Å². The van der Waals surface area contributed by atoms with Crippen LogP contribution in [0.5, 0.6) is 11.5 Å². The number of hydrogen-bond acceptors (Lipinski definition) is 4. The summed E-state index contributed by atoms with van der Waals surface area (Å²) < 4.78 is 50.2. The van der Waals surface area contributed by atoms with Crippen molar-refractivity contribution in [1.29, 1.82) is 0 Å². The Labute approximate surface area is 193 Å². The highest BCUT2D eigenvalue weighted by Gasteiger charge is 2.52. The molecule has 0 spiro atoms. The Balaban J connectivity index is 0.00000289. The molecule has 3 aromatic carbocycles. The van der Waals surface area contributed by atoms with Crippen LogP contribution in [0, 0.1) is 12.7 Å². The molecule has 1 aliphatic heterocycles. The second kappa shape index (κ2) is 7.51. The van der Waals surface area contributed by atoms with Crippen molar-refractivity contribution >= 4 is 17.6 Å². The zero-order valence-corrected chi connectivity index (χ0v) is 17.8. The molecule has 1 heterocycles. The van der Waals surface area contributed by atoms with Crippen LogP contribution in [0.25, 0.3) is 11.1 Å². The van der Waals surface area contributed by atoms with Crippen LogP contribution in [-0.4, -0.2) is 23.3 Å². The lowest BCUT2D eigenvalue weighted by Gasteiger charge is -2.17. The zero-order chi connectivity index (χ0) is 24.3. The minimum Gasteiger partial charge on any atom is -0.478 e. The SMILES string of the molecule is Cc1ccc(NC(=O)C2(c3ccc4c(c3)OC(F)(F)O4)CC2)cc1-c1ccc(C(=O)O)cc1F.[HH]. The minimum atomic E-state index is -3.74. The molecule has 0 radical (unpaired) electrons. The number of rotatable bonds is 5. The van der Waals surface area contributed by atoms with Gasteiger partial charge in [-0.1, -0.05) is 18.2 Å². The molecule has 6 nitrogen and oxygen atoms in total. The fraction of sp³-hybridized carbons (Fsp3) is 0.200. The molecule has 3 aromatic rings. The summed E-state index contributed by atoms with van der Waals surface area (Å²) in [6, 6.07) is 13.0. The summed E-state index contributed by atoms with van der Waals surface area (Å²) in [6.07, 6.45) is -2.69. The summed E-state index contributed by atoms with van der Waals surface area (Å²) >= 11 is 0. The molecule has 1 aliphatic carbocycles. The summed E-state index contributed by atoms with van der Waals surface area (Å²) in [4.78, 5) is 24.3. The Morgan fingerprint density at radius 2 is 1.71 bits per heavy atom. The van der Waals surface area contributed by atoms with E-state index in [-0.39, 0.29) is 30.0 Å². The van der Waals surface area contributed by atoms with E-state index in [1.165, 1.54) is 24.3 Å². The van der Waals surface area contributed by atoms with E-state index >= 15 is 0 Å². The first-order chi connectivity index (χ1) is 16.1. The highest BCUT2D eigenvalue weighted by atomic mass is 19.3. The maximum absolute atomic E-state index is 14.6. The minimum absolute atomic E-state index is 0. The Hall–Kier alpha value is -4.01. The van der Waals surface area contributed by atoms with Crippen molar-refractivity contribution in [1.82, 2.24) is 0 Å². The maximum Gasteiger partial charge on any atom is 0.586 e. The largest absolute Gasteiger partial charge is 0.586 e. The third kappa shape index (κ3) is 3.72. The van der Waals surface area contributed by atoms with Gasteiger partial charge < -0.3 is 19.9 Å². The molecule has 0 unspecified atom stereocenters. The molecule has 1 saturated carbocycles. The summed E-state index contributed by atoms with van der Waals surface area (Å²) in [6.45, 7) is 1.77. The summed E-state index contributed by atoms with van der Waals surface area (Å²) in [7, 11) is 0. The molecule has 0 bridgehead atoms. The number of ether oxygens (including phenoxy) is 2. The Morgan fingerprint density at radius 3 is 2.38 bits per heavy atom. The standard InChI is InChI=1S/C25H18F3NO5.H2/c1-13-2-5-16(12-18(13)17-6-3-14(22(30)31)10-19(17)26)29-23(32)24(8-9-24)15-4-7-20-21(11-15)34-25(27,28)33-20;/h2-7,10-12H,8-9H2,1H3,(H,29,32)(H,30,31);1H. The van der Waals surface area contributed by atoms with E-state index in [1.54, 1.807) is 31.2 Å². The lowest BCUT2D eigenvalue weighted by Crippen LogP contribution is -2.28. The molecule has 5 rings (SSSR count). The number of carboxylic acid groups (broad SMARTS) is 1. The van der Waals surface area contributed by atoms with Crippen LogP contribution < -0.4 is 14.8 Å². The number of nitrogens with one attached hydrogen (secondary N) is 1. The normalized spacial score (nSPS) is 16.7. The number of carbonyl (C=O) groups excluding carboxylic acids is 1. The number of halogens is 3. The third-order valence-electron chi connectivity index (χ3n) is 6.14. The van der Waals surface area contributed by atoms with E-state index in [2.05, 4.69) is 14.8 Å². The number of hydrogen-bond donors (Lipinski definition) is 2. The molecule has 34 heavy (non-hydrogen) atoms. The van der Waals surface area contributed by atoms with Gasteiger partial charge in [0.15, 0.2) is 11.5 Å². The van der Waals surface area contributed by atoms with Crippen LogP contribution >= 0.6 is 0 Å². The molecule has 9 heteroatoms. The van der Waals surface area contributed by atoms with Crippen LogP contribution in [0.3, 0.4) is 0 Å². The van der Waals surface area contributed by atoms with E-state index < -0.39 is 23.5 Å².